The fourth-order valence-electron chi connectivity index (χ4n) is 2.72. The van der Waals surface area contributed by atoms with Gasteiger partial charge in [0, 0.05) is 26.1 Å². The van der Waals surface area contributed by atoms with Crippen LogP contribution >= 0.6 is 22.6 Å². The number of hydrogen-bond acceptors (Lipinski definition) is 4. The zero-order chi connectivity index (χ0) is 19.3. The standard InChI is InChI=1S/C17H21IN2O5/c1-16(2,3)10-9-8(18)7-19-13(20(14(21)22)15(23)24)11(9)25-12(10)17(4,5)6/h7H,1-6H3,(H,21,22)(H,23,24). The van der Waals surface area contributed by atoms with Gasteiger partial charge in [-0.15, -0.1) is 0 Å². The molecule has 0 bridgehead atoms. The molecule has 136 valence electrons. The normalized spacial score (nSPS) is 12.4. The quantitative estimate of drug-likeness (QED) is 0.568. The molecule has 0 aliphatic rings. The van der Waals surface area contributed by atoms with Gasteiger partial charge < -0.3 is 14.6 Å². The second-order valence-corrected chi connectivity index (χ2v) is 9.00. The fourth-order valence-corrected chi connectivity index (χ4v) is 3.38. The summed E-state index contributed by atoms with van der Waals surface area (Å²) in [6, 6.07) is 0. The van der Waals surface area contributed by atoms with Crippen LogP contribution in [0.3, 0.4) is 0 Å². The molecule has 2 heterocycles. The molecule has 0 unspecified atom stereocenters. The summed E-state index contributed by atoms with van der Waals surface area (Å²) in [7, 11) is 0. The number of carbonyl (C=O) groups is 2. The third-order valence-electron chi connectivity index (χ3n) is 3.68. The molecule has 2 aromatic rings. The van der Waals surface area contributed by atoms with Crippen LogP contribution in [0, 0.1) is 3.57 Å². The molecule has 0 fully saturated rings. The second kappa shape index (κ2) is 6.15. The van der Waals surface area contributed by atoms with E-state index in [1.165, 1.54) is 6.20 Å². The zero-order valence-corrected chi connectivity index (χ0v) is 17.1. The predicted octanol–water partition coefficient (Wildman–Crippen LogP) is 5.19. The maximum absolute atomic E-state index is 11.4. The van der Waals surface area contributed by atoms with E-state index in [9.17, 15) is 19.8 Å². The van der Waals surface area contributed by atoms with Crippen molar-refractivity contribution in [1.29, 1.82) is 0 Å². The SMILES string of the molecule is CC(C)(C)c1oc2c(N(C(=O)O)C(=O)O)ncc(I)c2c1C(C)(C)C. The van der Waals surface area contributed by atoms with Crippen molar-refractivity contribution < 1.29 is 24.2 Å². The first-order chi connectivity index (χ1) is 11.3. The van der Waals surface area contributed by atoms with Crippen LogP contribution in [0.5, 0.6) is 0 Å². The second-order valence-electron chi connectivity index (χ2n) is 7.84. The van der Waals surface area contributed by atoms with Gasteiger partial charge in [-0.25, -0.2) is 14.6 Å². The maximum Gasteiger partial charge on any atom is 0.422 e. The van der Waals surface area contributed by atoms with Gasteiger partial charge in [-0.1, -0.05) is 41.5 Å². The number of nitrogens with zero attached hydrogens (tertiary/aromatic N) is 2. The summed E-state index contributed by atoms with van der Waals surface area (Å²) in [6.07, 6.45) is -1.80. The Kier molecular flexibility index (Phi) is 4.79. The lowest BCUT2D eigenvalue weighted by atomic mass is 9.79. The lowest BCUT2D eigenvalue weighted by Gasteiger charge is -2.25. The third kappa shape index (κ3) is 3.44. The predicted molar refractivity (Wildman–Crippen MR) is 103 cm³/mol. The minimum atomic E-state index is -1.63. The number of aromatic nitrogens is 1. The van der Waals surface area contributed by atoms with Crippen molar-refractivity contribution >= 4 is 51.6 Å². The van der Waals surface area contributed by atoms with E-state index in [-0.39, 0.29) is 27.1 Å². The Morgan fingerprint density at radius 1 is 1.08 bits per heavy atom. The number of rotatable bonds is 1. The summed E-state index contributed by atoms with van der Waals surface area (Å²) < 4.78 is 6.82. The van der Waals surface area contributed by atoms with E-state index >= 15 is 0 Å². The van der Waals surface area contributed by atoms with E-state index in [2.05, 4.69) is 27.6 Å². The summed E-state index contributed by atoms with van der Waals surface area (Å²) in [5.74, 6) is 0.453. The van der Waals surface area contributed by atoms with Crippen LogP contribution in [0.2, 0.25) is 0 Å². The molecule has 7 nitrogen and oxygen atoms in total. The summed E-state index contributed by atoms with van der Waals surface area (Å²) in [4.78, 5) is 27.0. The highest BCUT2D eigenvalue weighted by molar-refractivity contribution is 14.1. The molecule has 0 aromatic carbocycles. The van der Waals surface area contributed by atoms with Gasteiger partial charge in [0.25, 0.3) is 0 Å². The molecule has 0 aliphatic carbocycles. The number of halogens is 1. The molecule has 2 amide bonds. The molecular weight excluding hydrogens is 439 g/mol. The van der Waals surface area contributed by atoms with E-state index in [1.807, 2.05) is 41.5 Å². The van der Waals surface area contributed by atoms with Crippen LogP contribution in [0.25, 0.3) is 11.0 Å². The molecule has 0 radical (unpaired) electrons. The van der Waals surface area contributed by atoms with E-state index in [4.69, 9.17) is 4.42 Å². The average molecular weight is 460 g/mol. The Bertz CT molecular complexity index is 845. The van der Waals surface area contributed by atoms with Crippen molar-refractivity contribution in [3.8, 4) is 0 Å². The van der Waals surface area contributed by atoms with Crippen LogP contribution in [0.1, 0.15) is 52.9 Å². The Balaban J connectivity index is 3.01. The van der Waals surface area contributed by atoms with Gasteiger partial charge in [0.05, 0.1) is 0 Å². The minimum Gasteiger partial charge on any atom is -0.464 e. The van der Waals surface area contributed by atoms with Gasteiger partial charge >= 0.3 is 12.2 Å². The molecule has 0 aliphatic heterocycles. The fraction of sp³-hybridized carbons (Fsp3) is 0.471. The number of anilines is 1. The Morgan fingerprint density at radius 3 is 2.00 bits per heavy atom. The number of imide groups is 1. The van der Waals surface area contributed by atoms with Gasteiger partial charge in [-0.05, 0) is 28.0 Å². The molecule has 0 atom stereocenters. The number of hydrogen-bond donors (Lipinski definition) is 2. The van der Waals surface area contributed by atoms with Crippen LogP contribution in [-0.2, 0) is 10.8 Å². The summed E-state index contributed by atoms with van der Waals surface area (Å²) in [6.45, 7) is 12.1. The summed E-state index contributed by atoms with van der Waals surface area (Å²) >= 11 is 2.10. The highest BCUT2D eigenvalue weighted by atomic mass is 127. The van der Waals surface area contributed by atoms with Gasteiger partial charge in [-0.3, -0.25) is 0 Å². The first-order valence-electron chi connectivity index (χ1n) is 7.64. The lowest BCUT2D eigenvalue weighted by molar-refractivity contribution is 0.184. The molecule has 2 rings (SSSR count). The Hall–Kier alpha value is -1.84. The average Bonchev–Trinajstić information content (AvgIpc) is 2.82. The molecule has 2 aromatic heterocycles. The summed E-state index contributed by atoms with van der Waals surface area (Å²) in [5, 5.41) is 19.3. The number of furan rings is 1. The van der Waals surface area contributed by atoms with Crippen molar-refractivity contribution in [1.82, 2.24) is 4.98 Å². The Labute approximate surface area is 159 Å². The topological polar surface area (TPSA) is 104 Å². The van der Waals surface area contributed by atoms with Crippen molar-refractivity contribution in [2.75, 3.05) is 4.90 Å². The van der Waals surface area contributed by atoms with E-state index in [1.54, 1.807) is 0 Å². The van der Waals surface area contributed by atoms with Crippen LogP contribution in [0.4, 0.5) is 15.4 Å². The van der Waals surface area contributed by atoms with Gasteiger partial charge in [0.15, 0.2) is 11.4 Å². The lowest BCUT2D eigenvalue weighted by Crippen LogP contribution is -2.35. The third-order valence-corrected chi connectivity index (χ3v) is 4.49. The first-order valence-corrected chi connectivity index (χ1v) is 8.72. The van der Waals surface area contributed by atoms with Crippen molar-refractivity contribution in [2.45, 2.75) is 52.4 Å². The monoisotopic (exact) mass is 460 g/mol. The molecule has 0 saturated carbocycles. The van der Waals surface area contributed by atoms with Crippen molar-refractivity contribution in [3.05, 3.63) is 21.1 Å². The van der Waals surface area contributed by atoms with Gasteiger partial charge in [0.2, 0.25) is 0 Å². The van der Waals surface area contributed by atoms with Gasteiger partial charge in [-0.2, -0.15) is 4.90 Å². The van der Waals surface area contributed by atoms with Gasteiger partial charge in [0.1, 0.15) is 5.76 Å². The molecule has 0 spiro atoms. The molecule has 8 heteroatoms. The van der Waals surface area contributed by atoms with E-state index in [0.717, 1.165) is 9.13 Å². The Morgan fingerprint density at radius 2 is 1.60 bits per heavy atom. The number of fused-ring (bicyclic) bond motifs is 1. The number of carboxylic acid groups (broad SMARTS) is 2. The number of amides is 2. The maximum atomic E-state index is 11.4. The van der Waals surface area contributed by atoms with Crippen LogP contribution in [-0.4, -0.2) is 27.4 Å². The van der Waals surface area contributed by atoms with E-state index < -0.39 is 12.2 Å². The van der Waals surface area contributed by atoms with Crippen LogP contribution in [0.15, 0.2) is 10.6 Å². The molecule has 25 heavy (non-hydrogen) atoms. The molecule has 0 saturated heterocycles. The molecule has 2 N–H and O–H groups in total. The van der Waals surface area contributed by atoms with Crippen molar-refractivity contribution in [2.24, 2.45) is 0 Å². The molecular formula is C17H21IN2O5. The highest BCUT2D eigenvalue weighted by Crippen LogP contribution is 2.44. The minimum absolute atomic E-state index is 0.173. The highest BCUT2D eigenvalue weighted by Gasteiger charge is 2.36. The largest absolute Gasteiger partial charge is 0.464 e. The zero-order valence-electron chi connectivity index (χ0n) is 15.0. The smallest absolute Gasteiger partial charge is 0.422 e. The van der Waals surface area contributed by atoms with Crippen molar-refractivity contribution in [3.63, 3.8) is 0 Å². The first kappa shape index (κ1) is 19.5. The van der Waals surface area contributed by atoms with Crippen LogP contribution < -0.4 is 4.90 Å². The van der Waals surface area contributed by atoms with E-state index in [0.29, 0.717) is 11.1 Å². The summed E-state index contributed by atoms with van der Waals surface area (Å²) in [5.41, 5.74) is 0.466. The number of pyridine rings is 1.